The van der Waals surface area contributed by atoms with Crippen LogP contribution in [0.25, 0.3) is 65.3 Å². The van der Waals surface area contributed by atoms with E-state index < -0.39 is 0 Å². The van der Waals surface area contributed by atoms with E-state index in [2.05, 4.69) is 205 Å². The monoisotopic (exact) mass is 858 g/mol. The van der Waals surface area contributed by atoms with Gasteiger partial charge in [0.25, 0.3) is 0 Å². The molecule has 324 valence electrons. The van der Waals surface area contributed by atoms with E-state index in [0.717, 1.165) is 115 Å². The summed E-state index contributed by atoms with van der Waals surface area (Å²) >= 11 is 0. The predicted molar refractivity (Wildman–Crippen MR) is 275 cm³/mol. The second-order valence-electron chi connectivity index (χ2n) is 18.2. The molecule has 0 bridgehead atoms. The Balaban J connectivity index is 0.921. The zero-order chi connectivity index (χ0) is 44.4. The lowest BCUT2D eigenvalue weighted by molar-refractivity contribution is 0.279. The molecule has 10 aromatic carbocycles. The van der Waals surface area contributed by atoms with Gasteiger partial charge in [0.05, 0.1) is 0 Å². The fourth-order valence-corrected chi connectivity index (χ4v) is 10.8. The average molecular weight is 859 g/mol. The van der Waals surface area contributed by atoms with Crippen molar-refractivity contribution in [2.75, 3.05) is 0 Å². The summed E-state index contributed by atoms with van der Waals surface area (Å²) in [7, 11) is 0. The Morgan fingerprint density at radius 3 is 1.11 bits per heavy atom. The molecule has 0 radical (unpaired) electrons. The molecule has 11 rings (SSSR count). The van der Waals surface area contributed by atoms with Crippen LogP contribution in [0.5, 0.6) is 11.5 Å². The lowest BCUT2D eigenvalue weighted by Gasteiger charge is -2.33. The standard InChI is InChI=1S/C62H54N2O2/c65-61-49(37-45-23-9-13-27-53(45)59(61)57-47(35-41-17-3-1-4-18-41)33-31-43-21-7-11-25-51(43)57)39-63-55-29-15-16-30-56(55)64-40-50-38-46-24-10-14-28-54(46)60(62(50)66)58-48(36-42-19-5-2-6-20-42)34-32-44-22-8-12-26-52(44)58/h1-14,17-28,31-34,37-38,55-56,63-66H,15-16,29-30,35-36,39-40H2/t55-,56-/m0/s1. The van der Waals surface area contributed by atoms with E-state index in [9.17, 15) is 10.2 Å². The van der Waals surface area contributed by atoms with Gasteiger partial charge in [-0.25, -0.2) is 0 Å². The van der Waals surface area contributed by atoms with Crippen LogP contribution < -0.4 is 10.6 Å². The number of nitrogens with one attached hydrogen (secondary N) is 2. The molecule has 0 saturated heterocycles. The van der Waals surface area contributed by atoms with Crippen LogP contribution in [0.2, 0.25) is 0 Å². The Hall–Kier alpha value is -7.24. The molecule has 0 amide bonds. The first kappa shape index (κ1) is 41.5. The molecular formula is C62H54N2O2. The molecule has 0 aromatic heterocycles. The van der Waals surface area contributed by atoms with Crippen LogP contribution in [0.3, 0.4) is 0 Å². The van der Waals surface area contributed by atoms with Crippen molar-refractivity contribution in [3.05, 3.63) is 228 Å². The molecule has 0 aliphatic heterocycles. The van der Waals surface area contributed by atoms with Gasteiger partial charge in [-0.2, -0.15) is 0 Å². The number of rotatable bonds is 12. The summed E-state index contributed by atoms with van der Waals surface area (Å²) in [4.78, 5) is 0. The highest BCUT2D eigenvalue weighted by Crippen LogP contribution is 2.46. The van der Waals surface area contributed by atoms with Gasteiger partial charge >= 0.3 is 0 Å². The van der Waals surface area contributed by atoms with Gasteiger partial charge in [0.1, 0.15) is 11.5 Å². The molecule has 10 aromatic rings. The molecule has 4 N–H and O–H groups in total. The summed E-state index contributed by atoms with van der Waals surface area (Å²) in [6.07, 6.45) is 5.85. The molecule has 4 heteroatoms. The molecule has 2 atom stereocenters. The quantitative estimate of drug-likeness (QED) is 0.0988. The molecule has 1 fully saturated rings. The minimum atomic E-state index is 0.178. The number of phenolic OH excluding ortho intramolecular Hbond substituents is 2. The van der Waals surface area contributed by atoms with E-state index in [-0.39, 0.29) is 12.1 Å². The largest absolute Gasteiger partial charge is 0.507 e. The minimum absolute atomic E-state index is 0.178. The normalized spacial score (nSPS) is 15.2. The SMILES string of the molecule is Oc1c(CN[C@H]2CCCC[C@@H]2NCc2cc3ccccc3c(-c3c(Cc4ccccc4)ccc4ccccc34)c2O)cc2ccccc2c1-c1c(Cc2ccccc2)ccc2ccccc12. The van der Waals surface area contributed by atoms with E-state index in [4.69, 9.17) is 0 Å². The highest BCUT2D eigenvalue weighted by atomic mass is 16.3. The smallest absolute Gasteiger partial charge is 0.128 e. The van der Waals surface area contributed by atoms with Crippen LogP contribution in [-0.2, 0) is 25.9 Å². The maximum Gasteiger partial charge on any atom is 0.128 e. The van der Waals surface area contributed by atoms with Crippen LogP contribution in [0.4, 0.5) is 0 Å². The van der Waals surface area contributed by atoms with Crippen molar-refractivity contribution < 1.29 is 10.2 Å². The Kier molecular flexibility index (Phi) is 11.5. The van der Waals surface area contributed by atoms with Gasteiger partial charge in [-0.05, 0) is 114 Å². The van der Waals surface area contributed by atoms with Crippen molar-refractivity contribution in [1.29, 1.82) is 0 Å². The van der Waals surface area contributed by atoms with Crippen molar-refractivity contribution in [2.45, 2.75) is 63.7 Å². The summed E-state index contributed by atoms with van der Waals surface area (Å²) in [5.74, 6) is 0.668. The third-order valence-electron chi connectivity index (χ3n) is 14.1. The molecular weight excluding hydrogens is 805 g/mol. The number of aromatic hydroxyl groups is 2. The first-order valence-corrected chi connectivity index (χ1v) is 23.6. The van der Waals surface area contributed by atoms with Crippen LogP contribution in [0, 0.1) is 0 Å². The molecule has 0 spiro atoms. The van der Waals surface area contributed by atoms with Gasteiger partial charge in [0, 0.05) is 47.4 Å². The van der Waals surface area contributed by atoms with Crippen molar-refractivity contribution >= 4 is 43.1 Å². The fraction of sp³-hybridized carbons (Fsp3) is 0.161. The molecule has 1 aliphatic rings. The summed E-state index contributed by atoms with van der Waals surface area (Å²) < 4.78 is 0. The van der Waals surface area contributed by atoms with Gasteiger partial charge < -0.3 is 20.8 Å². The Morgan fingerprint density at radius 2 is 0.697 bits per heavy atom. The lowest BCUT2D eigenvalue weighted by atomic mass is 9.85. The molecule has 4 nitrogen and oxygen atoms in total. The minimum Gasteiger partial charge on any atom is -0.507 e. The third kappa shape index (κ3) is 8.08. The van der Waals surface area contributed by atoms with E-state index in [1.165, 1.54) is 22.3 Å². The molecule has 1 aliphatic carbocycles. The number of hydrogen-bond donors (Lipinski definition) is 4. The highest BCUT2D eigenvalue weighted by Gasteiger charge is 2.27. The van der Waals surface area contributed by atoms with Crippen molar-refractivity contribution in [3.63, 3.8) is 0 Å². The number of phenols is 2. The van der Waals surface area contributed by atoms with Crippen LogP contribution in [0.1, 0.15) is 59.1 Å². The molecule has 0 heterocycles. The topological polar surface area (TPSA) is 64.5 Å². The van der Waals surface area contributed by atoms with Crippen LogP contribution in [0.15, 0.2) is 194 Å². The number of fused-ring (bicyclic) bond motifs is 4. The van der Waals surface area contributed by atoms with Crippen molar-refractivity contribution in [2.24, 2.45) is 0 Å². The van der Waals surface area contributed by atoms with Gasteiger partial charge in [-0.3, -0.25) is 0 Å². The first-order chi connectivity index (χ1) is 32.6. The maximum atomic E-state index is 12.6. The zero-order valence-corrected chi connectivity index (χ0v) is 37.2. The Morgan fingerprint density at radius 1 is 0.348 bits per heavy atom. The van der Waals surface area contributed by atoms with Crippen LogP contribution in [-0.4, -0.2) is 22.3 Å². The maximum absolute atomic E-state index is 12.6. The zero-order valence-electron chi connectivity index (χ0n) is 37.2. The van der Waals surface area contributed by atoms with Gasteiger partial charge in [0.2, 0.25) is 0 Å². The summed E-state index contributed by atoms with van der Waals surface area (Å²) in [5, 5.41) is 41.9. The van der Waals surface area contributed by atoms with Gasteiger partial charge in [0.15, 0.2) is 0 Å². The van der Waals surface area contributed by atoms with Gasteiger partial charge in [-0.1, -0.05) is 195 Å². The Bertz CT molecular complexity index is 3140. The molecule has 0 unspecified atom stereocenters. The van der Waals surface area contributed by atoms with Crippen LogP contribution >= 0.6 is 0 Å². The van der Waals surface area contributed by atoms with E-state index in [0.29, 0.717) is 24.6 Å². The second-order valence-corrected chi connectivity index (χ2v) is 18.2. The van der Waals surface area contributed by atoms with E-state index >= 15 is 0 Å². The summed E-state index contributed by atoms with van der Waals surface area (Å²) in [5.41, 5.74) is 10.6. The Labute approximate surface area is 387 Å². The predicted octanol–water partition coefficient (Wildman–Crippen LogP) is 14.4. The first-order valence-electron chi connectivity index (χ1n) is 23.6. The number of hydrogen-bond acceptors (Lipinski definition) is 4. The third-order valence-corrected chi connectivity index (χ3v) is 14.1. The highest BCUT2D eigenvalue weighted by molar-refractivity contribution is 6.10. The second kappa shape index (κ2) is 18.3. The summed E-state index contributed by atoms with van der Waals surface area (Å²) in [6.45, 7) is 1.06. The van der Waals surface area contributed by atoms with Gasteiger partial charge in [-0.15, -0.1) is 0 Å². The number of benzene rings is 10. The summed E-state index contributed by atoms with van der Waals surface area (Å²) in [6, 6.07) is 68.9. The molecule has 66 heavy (non-hydrogen) atoms. The van der Waals surface area contributed by atoms with Crippen molar-refractivity contribution in [1.82, 2.24) is 10.6 Å². The van der Waals surface area contributed by atoms with Crippen molar-refractivity contribution in [3.8, 4) is 33.8 Å². The van der Waals surface area contributed by atoms with E-state index in [1.54, 1.807) is 0 Å². The van der Waals surface area contributed by atoms with E-state index in [1.807, 2.05) is 0 Å². The molecule has 1 saturated carbocycles. The fourth-order valence-electron chi connectivity index (χ4n) is 10.8. The average Bonchev–Trinajstić information content (AvgIpc) is 3.36. The lowest BCUT2D eigenvalue weighted by Crippen LogP contribution is -2.49.